The number of carbonyl (C=O) groups is 2. The fraction of sp³-hybridized carbons (Fsp3) is 0.467. The minimum absolute atomic E-state index is 0.142. The third kappa shape index (κ3) is 5.73. The minimum atomic E-state index is -1.01. The van der Waals surface area contributed by atoms with Gasteiger partial charge >= 0.3 is 5.97 Å². The molecule has 2 N–H and O–H groups in total. The van der Waals surface area contributed by atoms with Crippen LogP contribution in [-0.2, 0) is 9.59 Å². The Morgan fingerprint density at radius 2 is 1.90 bits per heavy atom. The Morgan fingerprint density at radius 1 is 1.25 bits per heavy atom. The molecule has 1 atom stereocenters. The zero-order valence-electron chi connectivity index (χ0n) is 11.8. The lowest BCUT2D eigenvalue weighted by molar-refractivity contribution is -0.143. The van der Waals surface area contributed by atoms with E-state index in [2.05, 4.69) is 5.32 Å². The van der Waals surface area contributed by atoms with E-state index in [0.717, 1.165) is 5.75 Å². The molecule has 0 spiro atoms. The fourth-order valence-electron chi connectivity index (χ4n) is 1.70. The van der Waals surface area contributed by atoms with E-state index in [1.807, 2.05) is 30.3 Å². The third-order valence-electron chi connectivity index (χ3n) is 2.81. The number of carboxylic acids is 1. The molecule has 20 heavy (non-hydrogen) atoms. The highest BCUT2D eigenvalue weighted by Gasteiger charge is 2.22. The van der Waals surface area contributed by atoms with Gasteiger partial charge in [-0.15, -0.1) is 0 Å². The minimum Gasteiger partial charge on any atom is -0.494 e. The molecule has 0 fully saturated rings. The van der Waals surface area contributed by atoms with Crippen LogP contribution >= 0.6 is 0 Å². The molecule has 1 aromatic carbocycles. The number of nitrogens with one attached hydrogen (secondary N) is 1. The number of carbonyl (C=O) groups excluding carboxylic acids is 1. The Labute approximate surface area is 118 Å². The summed E-state index contributed by atoms with van der Waals surface area (Å²) in [6.07, 6.45) is 0.800. The van der Waals surface area contributed by atoms with Crippen molar-refractivity contribution in [2.75, 3.05) is 6.61 Å². The fourth-order valence-corrected chi connectivity index (χ4v) is 1.70. The monoisotopic (exact) mass is 279 g/mol. The number of para-hydroxylation sites is 1. The lowest BCUT2D eigenvalue weighted by Gasteiger charge is -2.17. The van der Waals surface area contributed by atoms with Crippen LogP contribution in [0.3, 0.4) is 0 Å². The zero-order chi connectivity index (χ0) is 15.0. The summed E-state index contributed by atoms with van der Waals surface area (Å²) >= 11 is 0. The molecule has 1 amide bonds. The SMILES string of the molecule is CC(C)C(NC(=O)CCCOc1ccccc1)C(=O)O. The van der Waals surface area contributed by atoms with Gasteiger partial charge in [-0.2, -0.15) is 0 Å². The topological polar surface area (TPSA) is 75.6 Å². The molecule has 0 bridgehead atoms. The van der Waals surface area contributed by atoms with Gasteiger partial charge in [0.1, 0.15) is 11.8 Å². The molecule has 0 radical (unpaired) electrons. The lowest BCUT2D eigenvalue weighted by atomic mass is 10.0. The molecular weight excluding hydrogens is 258 g/mol. The van der Waals surface area contributed by atoms with Crippen molar-refractivity contribution in [3.8, 4) is 5.75 Å². The number of rotatable bonds is 8. The second-order valence-corrected chi connectivity index (χ2v) is 4.89. The molecule has 0 aliphatic rings. The van der Waals surface area contributed by atoms with E-state index in [9.17, 15) is 9.59 Å². The zero-order valence-corrected chi connectivity index (χ0v) is 11.8. The number of ether oxygens (including phenoxy) is 1. The number of hydrogen-bond acceptors (Lipinski definition) is 3. The lowest BCUT2D eigenvalue weighted by Crippen LogP contribution is -2.44. The number of carboxylic acid groups (broad SMARTS) is 1. The van der Waals surface area contributed by atoms with Crippen molar-refractivity contribution in [2.24, 2.45) is 5.92 Å². The van der Waals surface area contributed by atoms with Gasteiger partial charge in [0, 0.05) is 6.42 Å². The Kier molecular flexibility index (Phi) is 6.56. The number of benzene rings is 1. The molecule has 0 aliphatic heterocycles. The van der Waals surface area contributed by atoms with Crippen molar-refractivity contribution in [1.82, 2.24) is 5.32 Å². The molecule has 110 valence electrons. The first kappa shape index (κ1) is 16.0. The highest BCUT2D eigenvalue weighted by atomic mass is 16.5. The Hall–Kier alpha value is -2.04. The van der Waals surface area contributed by atoms with E-state index in [1.165, 1.54) is 0 Å². The van der Waals surface area contributed by atoms with Crippen LogP contribution in [0.1, 0.15) is 26.7 Å². The van der Waals surface area contributed by atoms with Gasteiger partial charge in [-0.1, -0.05) is 32.0 Å². The largest absolute Gasteiger partial charge is 0.494 e. The highest BCUT2D eigenvalue weighted by molar-refractivity contribution is 5.83. The molecule has 0 aliphatic carbocycles. The van der Waals surface area contributed by atoms with E-state index in [4.69, 9.17) is 9.84 Å². The summed E-state index contributed by atoms with van der Waals surface area (Å²) in [5, 5.41) is 11.5. The molecule has 1 rings (SSSR count). The van der Waals surface area contributed by atoms with E-state index in [1.54, 1.807) is 13.8 Å². The average Bonchev–Trinajstić information content (AvgIpc) is 2.41. The second-order valence-electron chi connectivity index (χ2n) is 4.89. The van der Waals surface area contributed by atoms with E-state index in [0.29, 0.717) is 13.0 Å². The molecular formula is C15H21NO4. The summed E-state index contributed by atoms with van der Waals surface area (Å²) in [5.74, 6) is -0.646. The van der Waals surface area contributed by atoms with Crippen molar-refractivity contribution in [3.63, 3.8) is 0 Å². The smallest absolute Gasteiger partial charge is 0.326 e. The molecule has 0 saturated heterocycles. The third-order valence-corrected chi connectivity index (χ3v) is 2.81. The van der Waals surface area contributed by atoms with E-state index >= 15 is 0 Å². The van der Waals surface area contributed by atoms with Crippen LogP contribution in [0.15, 0.2) is 30.3 Å². The van der Waals surface area contributed by atoms with Crippen LogP contribution in [0, 0.1) is 5.92 Å². The van der Waals surface area contributed by atoms with E-state index < -0.39 is 12.0 Å². The molecule has 0 saturated carbocycles. The number of amides is 1. The van der Waals surface area contributed by atoms with Crippen LogP contribution in [0.5, 0.6) is 5.75 Å². The maximum atomic E-state index is 11.6. The van der Waals surface area contributed by atoms with Gasteiger partial charge in [0.2, 0.25) is 5.91 Å². The molecule has 5 nitrogen and oxygen atoms in total. The van der Waals surface area contributed by atoms with Gasteiger partial charge in [0.25, 0.3) is 0 Å². The predicted octanol–water partition coefficient (Wildman–Crippen LogP) is 2.07. The molecule has 0 heterocycles. The number of aliphatic carboxylic acids is 1. The second kappa shape index (κ2) is 8.19. The van der Waals surface area contributed by atoms with Crippen LogP contribution in [-0.4, -0.2) is 29.6 Å². The van der Waals surface area contributed by atoms with Gasteiger partial charge in [-0.25, -0.2) is 4.79 Å². The summed E-state index contributed by atoms with van der Waals surface area (Å²) in [4.78, 5) is 22.6. The van der Waals surface area contributed by atoms with Crippen LogP contribution in [0.2, 0.25) is 0 Å². The maximum Gasteiger partial charge on any atom is 0.326 e. The van der Waals surface area contributed by atoms with Crippen molar-refractivity contribution in [1.29, 1.82) is 0 Å². The van der Waals surface area contributed by atoms with Crippen LogP contribution in [0.4, 0.5) is 0 Å². The standard InChI is InChI=1S/C15H21NO4/c1-11(2)14(15(18)19)16-13(17)9-6-10-20-12-7-4-3-5-8-12/h3-5,7-8,11,14H,6,9-10H2,1-2H3,(H,16,17)(H,18,19). The van der Waals surface area contributed by atoms with Crippen molar-refractivity contribution < 1.29 is 19.4 Å². The maximum absolute atomic E-state index is 11.6. The highest BCUT2D eigenvalue weighted by Crippen LogP contribution is 2.09. The van der Waals surface area contributed by atoms with Crippen LogP contribution < -0.4 is 10.1 Å². The normalized spacial score (nSPS) is 11.9. The summed E-state index contributed by atoms with van der Waals surface area (Å²) in [7, 11) is 0. The number of hydrogen-bond donors (Lipinski definition) is 2. The van der Waals surface area contributed by atoms with Crippen molar-refractivity contribution >= 4 is 11.9 Å². The van der Waals surface area contributed by atoms with Crippen molar-refractivity contribution in [3.05, 3.63) is 30.3 Å². The summed E-state index contributed by atoms with van der Waals surface area (Å²) in [6.45, 7) is 3.95. The molecule has 1 unspecified atom stereocenters. The van der Waals surface area contributed by atoms with Gasteiger partial charge < -0.3 is 15.2 Å². The quantitative estimate of drug-likeness (QED) is 0.714. The van der Waals surface area contributed by atoms with Crippen molar-refractivity contribution in [2.45, 2.75) is 32.7 Å². The Bertz CT molecular complexity index is 431. The summed E-state index contributed by atoms with van der Waals surface area (Å²) in [6, 6.07) is 8.51. The average molecular weight is 279 g/mol. The van der Waals surface area contributed by atoms with E-state index in [-0.39, 0.29) is 18.2 Å². The Morgan fingerprint density at radius 3 is 2.45 bits per heavy atom. The van der Waals surface area contributed by atoms with Gasteiger partial charge in [0.15, 0.2) is 0 Å². The van der Waals surface area contributed by atoms with Gasteiger partial charge in [-0.05, 0) is 24.5 Å². The molecule has 0 aromatic heterocycles. The first-order valence-electron chi connectivity index (χ1n) is 6.70. The first-order chi connectivity index (χ1) is 9.50. The molecule has 1 aromatic rings. The first-order valence-corrected chi connectivity index (χ1v) is 6.70. The van der Waals surface area contributed by atoms with Gasteiger partial charge in [0.05, 0.1) is 6.61 Å². The van der Waals surface area contributed by atoms with Crippen LogP contribution in [0.25, 0.3) is 0 Å². The van der Waals surface area contributed by atoms with Gasteiger partial charge in [-0.3, -0.25) is 4.79 Å². The molecule has 5 heteroatoms. The predicted molar refractivity (Wildman–Crippen MR) is 75.6 cm³/mol. The summed E-state index contributed by atoms with van der Waals surface area (Å²) < 4.78 is 5.46. The summed E-state index contributed by atoms with van der Waals surface area (Å²) in [5.41, 5.74) is 0. The Balaban J connectivity index is 2.24.